The van der Waals surface area contributed by atoms with Crippen LogP contribution in [0, 0.1) is 0 Å². The summed E-state index contributed by atoms with van der Waals surface area (Å²) in [5.41, 5.74) is 2.61. The van der Waals surface area contributed by atoms with Crippen molar-refractivity contribution in [2.45, 2.75) is 32.7 Å². The molecule has 0 unspecified atom stereocenters. The van der Waals surface area contributed by atoms with Crippen LogP contribution >= 0.6 is 11.6 Å². The number of fused-ring (bicyclic) bond motifs is 1. The van der Waals surface area contributed by atoms with Crippen LogP contribution in [0.5, 0.6) is 0 Å². The van der Waals surface area contributed by atoms with E-state index in [1.54, 1.807) is 6.92 Å². The number of esters is 1. The number of allylic oxidation sites excluding steroid dienone is 1. The lowest BCUT2D eigenvalue weighted by molar-refractivity contribution is -0.137. The lowest BCUT2D eigenvalue weighted by atomic mass is 9.87. The molecule has 1 aliphatic rings. The summed E-state index contributed by atoms with van der Waals surface area (Å²) in [6.07, 6.45) is 2.15. The molecule has 0 amide bonds. The number of carbonyl (C=O) groups excluding carboxylic acids is 1. The van der Waals surface area contributed by atoms with Crippen LogP contribution in [-0.2, 0) is 16.0 Å². The van der Waals surface area contributed by atoms with Gasteiger partial charge < -0.3 is 4.74 Å². The minimum Gasteiger partial charge on any atom is -0.463 e. The smallest absolute Gasteiger partial charge is 0.332 e. The lowest BCUT2D eigenvalue weighted by Gasteiger charge is -2.28. The quantitative estimate of drug-likeness (QED) is 0.631. The topological polar surface area (TPSA) is 38.7 Å². The summed E-state index contributed by atoms with van der Waals surface area (Å²) in [6.45, 7) is 6.19. The molecule has 0 atom stereocenters. The fraction of sp³-hybridized carbons (Fsp3) is 0.375. The number of benzene rings is 1. The molecule has 3 nitrogen and oxygen atoms in total. The van der Waals surface area contributed by atoms with Crippen molar-refractivity contribution < 1.29 is 9.53 Å². The molecule has 0 aromatic heterocycles. The van der Waals surface area contributed by atoms with Gasteiger partial charge in [0, 0.05) is 11.6 Å². The lowest BCUT2D eigenvalue weighted by Crippen LogP contribution is -2.29. The van der Waals surface area contributed by atoms with Gasteiger partial charge in [0.15, 0.2) is 0 Å². The van der Waals surface area contributed by atoms with E-state index in [2.05, 4.69) is 24.9 Å². The van der Waals surface area contributed by atoms with Gasteiger partial charge in [0.05, 0.1) is 22.9 Å². The van der Waals surface area contributed by atoms with Gasteiger partial charge in [0.1, 0.15) is 0 Å². The Morgan fingerprint density at radius 2 is 2.15 bits per heavy atom. The van der Waals surface area contributed by atoms with Crippen LogP contribution in [0.4, 0.5) is 0 Å². The summed E-state index contributed by atoms with van der Waals surface area (Å²) in [5.74, 6) is -0.443. The summed E-state index contributed by atoms with van der Waals surface area (Å²) >= 11 is 6.27. The highest BCUT2D eigenvalue weighted by atomic mass is 35.5. The molecule has 1 aromatic rings. The van der Waals surface area contributed by atoms with Crippen LogP contribution in [0.15, 0.2) is 40.4 Å². The van der Waals surface area contributed by atoms with Crippen molar-refractivity contribution in [2.75, 3.05) is 6.61 Å². The van der Waals surface area contributed by atoms with Crippen LogP contribution < -0.4 is 0 Å². The van der Waals surface area contributed by atoms with Crippen LogP contribution in [0.1, 0.15) is 31.9 Å². The van der Waals surface area contributed by atoms with Crippen LogP contribution in [-0.4, -0.2) is 23.8 Å². The van der Waals surface area contributed by atoms with E-state index in [0.717, 1.165) is 12.0 Å². The minimum absolute atomic E-state index is 0.230. The largest absolute Gasteiger partial charge is 0.463 e. The van der Waals surface area contributed by atoms with Gasteiger partial charge in [-0.15, -0.1) is 0 Å². The van der Waals surface area contributed by atoms with Crippen LogP contribution in [0.25, 0.3) is 0 Å². The van der Waals surface area contributed by atoms with Crippen molar-refractivity contribution in [2.24, 2.45) is 4.99 Å². The van der Waals surface area contributed by atoms with E-state index in [0.29, 0.717) is 17.4 Å². The van der Waals surface area contributed by atoms with Gasteiger partial charge in [0.25, 0.3) is 0 Å². The van der Waals surface area contributed by atoms with Gasteiger partial charge in [-0.05, 0) is 32.8 Å². The Bertz CT molecular complexity index is 588. The first-order valence-electron chi connectivity index (χ1n) is 6.65. The second-order valence-corrected chi connectivity index (χ2v) is 5.76. The van der Waals surface area contributed by atoms with Crippen molar-refractivity contribution in [1.29, 1.82) is 0 Å². The predicted octanol–water partition coefficient (Wildman–Crippen LogP) is 3.50. The van der Waals surface area contributed by atoms with Crippen LogP contribution in [0.3, 0.4) is 0 Å². The molecule has 0 saturated heterocycles. The standard InChI is InChI=1S/C16H18ClNO2/c1-4-20-14(19)9-13(17)15-12-8-6-5-7-11(12)10-16(2,3)18-15/h5-9H,4,10H2,1-3H3. The van der Waals surface area contributed by atoms with E-state index in [1.165, 1.54) is 11.6 Å². The Morgan fingerprint density at radius 3 is 2.85 bits per heavy atom. The summed E-state index contributed by atoms with van der Waals surface area (Å²) in [5, 5.41) is 0.323. The zero-order chi connectivity index (χ0) is 14.8. The summed E-state index contributed by atoms with van der Waals surface area (Å²) in [6, 6.07) is 7.99. The number of aliphatic imine (C=N–C) groups is 1. The van der Waals surface area contributed by atoms with Crippen molar-refractivity contribution in [1.82, 2.24) is 0 Å². The summed E-state index contributed by atoms with van der Waals surface area (Å²) in [4.78, 5) is 16.2. The van der Waals surface area contributed by atoms with E-state index in [9.17, 15) is 4.79 Å². The Morgan fingerprint density at radius 1 is 1.45 bits per heavy atom. The number of carbonyl (C=O) groups is 1. The molecule has 1 aliphatic heterocycles. The molecule has 1 aromatic carbocycles. The van der Waals surface area contributed by atoms with Crippen molar-refractivity contribution in [3.8, 4) is 0 Å². The summed E-state index contributed by atoms with van der Waals surface area (Å²) < 4.78 is 4.89. The molecule has 4 heteroatoms. The van der Waals surface area contributed by atoms with E-state index >= 15 is 0 Å². The Hall–Kier alpha value is -1.61. The first kappa shape index (κ1) is 14.8. The SMILES string of the molecule is CCOC(=O)C=C(Cl)C1=NC(C)(C)Cc2ccccc21. The van der Waals surface area contributed by atoms with Crippen molar-refractivity contribution in [3.05, 3.63) is 46.5 Å². The average molecular weight is 292 g/mol. The molecule has 106 valence electrons. The van der Waals surface area contributed by atoms with E-state index in [4.69, 9.17) is 16.3 Å². The highest BCUT2D eigenvalue weighted by Crippen LogP contribution is 2.30. The van der Waals surface area contributed by atoms with Gasteiger partial charge in [-0.2, -0.15) is 0 Å². The normalized spacial score (nSPS) is 17.2. The number of halogens is 1. The molecular formula is C16H18ClNO2. The number of rotatable bonds is 3. The zero-order valence-corrected chi connectivity index (χ0v) is 12.7. The number of nitrogens with zero attached hydrogens (tertiary/aromatic N) is 1. The molecule has 0 fully saturated rings. The molecule has 0 aliphatic carbocycles. The molecule has 0 N–H and O–H groups in total. The third-order valence-electron chi connectivity index (χ3n) is 3.07. The van der Waals surface area contributed by atoms with E-state index < -0.39 is 5.97 Å². The molecule has 2 rings (SSSR count). The fourth-order valence-corrected chi connectivity index (χ4v) is 2.54. The highest BCUT2D eigenvalue weighted by Gasteiger charge is 2.27. The first-order valence-corrected chi connectivity index (χ1v) is 7.03. The number of hydrogen-bond acceptors (Lipinski definition) is 3. The monoisotopic (exact) mass is 291 g/mol. The molecule has 0 spiro atoms. The number of ether oxygens (including phenoxy) is 1. The average Bonchev–Trinajstić information content (AvgIpc) is 2.36. The maximum Gasteiger partial charge on any atom is 0.332 e. The maximum atomic E-state index is 11.5. The third kappa shape index (κ3) is 3.28. The first-order chi connectivity index (χ1) is 9.43. The Kier molecular flexibility index (Phi) is 4.29. The molecule has 20 heavy (non-hydrogen) atoms. The van der Waals surface area contributed by atoms with Crippen molar-refractivity contribution in [3.63, 3.8) is 0 Å². The van der Waals surface area contributed by atoms with Gasteiger partial charge in [-0.1, -0.05) is 35.9 Å². The molecule has 0 bridgehead atoms. The molecule has 0 radical (unpaired) electrons. The van der Waals surface area contributed by atoms with Crippen LogP contribution in [0.2, 0.25) is 0 Å². The summed E-state index contributed by atoms with van der Waals surface area (Å²) in [7, 11) is 0. The van der Waals surface area contributed by atoms with Gasteiger partial charge in [0.2, 0.25) is 0 Å². The minimum atomic E-state index is -0.443. The fourth-order valence-electron chi connectivity index (χ4n) is 2.31. The van der Waals surface area contributed by atoms with Gasteiger partial charge in [-0.3, -0.25) is 4.99 Å². The molecular weight excluding hydrogens is 274 g/mol. The van der Waals surface area contributed by atoms with Gasteiger partial charge in [-0.25, -0.2) is 4.79 Å². The Labute approximate surface area is 124 Å². The molecule has 1 heterocycles. The second-order valence-electron chi connectivity index (χ2n) is 5.35. The van der Waals surface area contributed by atoms with E-state index in [1.807, 2.05) is 18.2 Å². The molecule has 0 saturated carbocycles. The van der Waals surface area contributed by atoms with Gasteiger partial charge >= 0.3 is 5.97 Å². The maximum absolute atomic E-state index is 11.5. The number of hydrogen-bond donors (Lipinski definition) is 0. The highest BCUT2D eigenvalue weighted by molar-refractivity contribution is 6.47. The van der Waals surface area contributed by atoms with E-state index in [-0.39, 0.29) is 5.54 Å². The zero-order valence-electron chi connectivity index (χ0n) is 11.9. The van der Waals surface area contributed by atoms with Crippen molar-refractivity contribution >= 4 is 23.3 Å². The third-order valence-corrected chi connectivity index (χ3v) is 3.36. The predicted molar refractivity (Wildman–Crippen MR) is 81.3 cm³/mol. The Balaban J connectivity index is 2.43. The second kappa shape index (κ2) is 5.80.